The van der Waals surface area contributed by atoms with Crippen LogP contribution in [-0.2, 0) is 16.0 Å². The molecule has 0 aromatic carbocycles. The molecule has 3 heterocycles. The largest absolute Gasteiger partial charge is 0.376 e. The Bertz CT molecular complexity index is 571. The molecule has 27 heavy (non-hydrogen) atoms. The summed E-state index contributed by atoms with van der Waals surface area (Å²) in [5, 5.41) is 2.06. The van der Waals surface area contributed by atoms with Crippen molar-refractivity contribution in [2.45, 2.75) is 69.9 Å². The second-order valence-corrected chi connectivity index (χ2v) is 9.64. The molecule has 2 aliphatic heterocycles. The molecule has 1 atom stereocenters. The van der Waals surface area contributed by atoms with Crippen LogP contribution >= 0.6 is 11.3 Å². The summed E-state index contributed by atoms with van der Waals surface area (Å²) in [6, 6.07) is 4.96. The highest BCUT2D eigenvalue weighted by molar-refractivity contribution is 7.10. The minimum Gasteiger partial charge on any atom is -0.376 e. The minimum atomic E-state index is 0.246. The predicted molar refractivity (Wildman–Crippen MR) is 110 cm³/mol. The summed E-state index contributed by atoms with van der Waals surface area (Å²) in [6.07, 6.45) is 11.1. The lowest BCUT2D eigenvalue weighted by molar-refractivity contribution is -0.133. The van der Waals surface area contributed by atoms with E-state index in [1.807, 2.05) is 6.07 Å². The van der Waals surface area contributed by atoms with Gasteiger partial charge in [-0.15, -0.1) is 11.3 Å². The third kappa shape index (κ3) is 5.33. The van der Waals surface area contributed by atoms with Crippen LogP contribution in [-0.4, -0.2) is 60.6 Å². The number of hydrogen-bond donors (Lipinski definition) is 0. The van der Waals surface area contributed by atoms with Gasteiger partial charge < -0.3 is 14.5 Å². The van der Waals surface area contributed by atoms with E-state index in [1.165, 1.54) is 56.5 Å². The summed E-state index contributed by atoms with van der Waals surface area (Å²) < 4.78 is 5.84. The Morgan fingerprint density at radius 2 is 1.93 bits per heavy atom. The maximum atomic E-state index is 13.0. The standard InChI is InChI=1S/C22H34N2O2S/c25-22(15-21-8-4-14-27-21)24(17-20-7-3-13-26-20)16-18-9-11-23(12-10-18)19-5-1-2-6-19/h4,8,14,18-20H,1-3,5-7,9-13,15-17H2. The molecular formula is C22H34N2O2S. The van der Waals surface area contributed by atoms with Crippen LogP contribution in [0.3, 0.4) is 0 Å². The molecule has 150 valence electrons. The molecule has 4 rings (SSSR count). The van der Waals surface area contributed by atoms with Crippen LogP contribution in [0.15, 0.2) is 17.5 Å². The second-order valence-electron chi connectivity index (χ2n) is 8.61. The molecule has 1 aromatic rings. The van der Waals surface area contributed by atoms with Gasteiger partial charge in [0.1, 0.15) is 0 Å². The van der Waals surface area contributed by atoms with Crippen molar-refractivity contribution >= 4 is 17.2 Å². The first-order valence-corrected chi connectivity index (χ1v) is 11.8. The van der Waals surface area contributed by atoms with Gasteiger partial charge in [0.2, 0.25) is 5.91 Å². The smallest absolute Gasteiger partial charge is 0.227 e. The topological polar surface area (TPSA) is 32.8 Å². The third-order valence-electron chi connectivity index (χ3n) is 6.68. The van der Waals surface area contributed by atoms with Gasteiger partial charge in [0.15, 0.2) is 0 Å². The molecule has 1 unspecified atom stereocenters. The number of nitrogens with zero attached hydrogens (tertiary/aromatic N) is 2. The lowest BCUT2D eigenvalue weighted by atomic mass is 9.94. The number of thiophene rings is 1. The number of carbonyl (C=O) groups excluding carboxylic acids is 1. The molecule has 2 saturated heterocycles. The molecule has 0 bridgehead atoms. The number of hydrogen-bond acceptors (Lipinski definition) is 4. The number of ether oxygens (including phenoxy) is 1. The summed E-state index contributed by atoms with van der Waals surface area (Å²) in [5.41, 5.74) is 0. The quantitative estimate of drug-likeness (QED) is 0.707. The van der Waals surface area contributed by atoms with Crippen LogP contribution in [0, 0.1) is 5.92 Å². The summed E-state index contributed by atoms with van der Waals surface area (Å²) in [5.74, 6) is 0.933. The van der Waals surface area contributed by atoms with Crippen LogP contribution in [0.4, 0.5) is 0 Å². The number of amides is 1. The molecule has 3 fully saturated rings. The fourth-order valence-electron chi connectivity index (χ4n) is 5.07. The first kappa shape index (κ1) is 19.4. The second kappa shape index (κ2) is 9.53. The monoisotopic (exact) mass is 390 g/mol. The number of likely N-dealkylation sites (tertiary alicyclic amines) is 1. The van der Waals surface area contributed by atoms with Crippen molar-refractivity contribution in [1.29, 1.82) is 0 Å². The van der Waals surface area contributed by atoms with Crippen LogP contribution in [0.1, 0.15) is 56.2 Å². The Balaban J connectivity index is 1.31. The summed E-state index contributed by atoms with van der Waals surface area (Å²) >= 11 is 1.69. The number of piperidine rings is 1. The molecule has 0 radical (unpaired) electrons. The van der Waals surface area contributed by atoms with E-state index in [1.54, 1.807) is 11.3 Å². The van der Waals surface area contributed by atoms with Crippen LogP contribution in [0.2, 0.25) is 0 Å². The Hall–Kier alpha value is -0.910. The van der Waals surface area contributed by atoms with Gasteiger partial charge in [-0.05, 0) is 69.0 Å². The van der Waals surface area contributed by atoms with E-state index in [9.17, 15) is 4.79 Å². The molecule has 0 N–H and O–H groups in total. The normalized spacial score (nSPS) is 25.3. The van der Waals surface area contributed by atoms with E-state index in [-0.39, 0.29) is 12.0 Å². The van der Waals surface area contributed by atoms with Crippen molar-refractivity contribution in [2.75, 3.05) is 32.8 Å². The van der Waals surface area contributed by atoms with Gasteiger partial charge in [0.05, 0.1) is 12.5 Å². The SMILES string of the molecule is O=C(Cc1cccs1)N(CC1CCN(C2CCCC2)CC1)CC1CCCO1. The minimum absolute atomic E-state index is 0.246. The van der Waals surface area contributed by atoms with E-state index in [4.69, 9.17) is 4.74 Å². The van der Waals surface area contributed by atoms with Gasteiger partial charge >= 0.3 is 0 Å². The van der Waals surface area contributed by atoms with Crippen LogP contribution in [0.5, 0.6) is 0 Å². The van der Waals surface area contributed by atoms with E-state index in [0.717, 1.165) is 38.6 Å². The van der Waals surface area contributed by atoms with Gasteiger partial charge in [-0.25, -0.2) is 0 Å². The highest BCUT2D eigenvalue weighted by Crippen LogP contribution is 2.28. The molecule has 5 heteroatoms. The predicted octanol–water partition coefficient (Wildman–Crippen LogP) is 3.95. The molecule has 4 nitrogen and oxygen atoms in total. The molecule has 1 amide bonds. The molecular weight excluding hydrogens is 356 g/mol. The first-order valence-electron chi connectivity index (χ1n) is 10.9. The highest BCUT2D eigenvalue weighted by atomic mass is 32.1. The van der Waals surface area contributed by atoms with Crippen molar-refractivity contribution < 1.29 is 9.53 Å². The third-order valence-corrected chi connectivity index (χ3v) is 7.55. The summed E-state index contributed by atoms with van der Waals surface area (Å²) in [4.78, 5) is 19.0. The average molecular weight is 391 g/mol. The first-order chi connectivity index (χ1) is 13.3. The van der Waals surface area contributed by atoms with Gasteiger partial charge in [-0.2, -0.15) is 0 Å². The van der Waals surface area contributed by atoms with E-state index >= 15 is 0 Å². The van der Waals surface area contributed by atoms with Gasteiger partial charge in [-0.1, -0.05) is 18.9 Å². The zero-order chi connectivity index (χ0) is 18.5. The van der Waals surface area contributed by atoms with E-state index in [2.05, 4.69) is 21.2 Å². The highest BCUT2D eigenvalue weighted by Gasteiger charge is 2.30. The summed E-state index contributed by atoms with van der Waals surface area (Å²) in [6.45, 7) is 5.01. The van der Waals surface area contributed by atoms with E-state index in [0.29, 0.717) is 12.3 Å². The van der Waals surface area contributed by atoms with Crippen molar-refractivity contribution in [2.24, 2.45) is 5.92 Å². The van der Waals surface area contributed by atoms with Crippen LogP contribution in [0.25, 0.3) is 0 Å². The van der Waals surface area contributed by atoms with Gasteiger partial charge in [0, 0.05) is 30.6 Å². The maximum absolute atomic E-state index is 13.0. The van der Waals surface area contributed by atoms with Crippen molar-refractivity contribution in [3.8, 4) is 0 Å². The lowest BCUT2D eigenvalue weighted by Crippen LogP contribution is -2.45. The van der Waals surface area contributed by atoms with Gasteiger partial charge in [-0.3, -0.25) is 4.79 Å². The van der Waals surface area contributed by atoms with Crippen molar-refractivity contribution in [3.63, 3.8) is 0 Å². The Kier molecular flexibility index (Phi) is 6.85. The molecule has 3 aliphatic rings. The van der Waals surface area contributed by atoms with Gasteiger partial charge in [0.25, 0.3) is 0 Å². The summed E-state index contributed by atoms with van der Waals surface area (Å²) in [7, 11) is 0. The maximum Gasteiger partial charge on any atom is 0.227 e. The Labute approximate surface area is 167 Å². The van der Waals surface area contributed by atoms with E-state index < -0.39 is 0 Å². The number of carbonyl (C=O) groups is 1. The molecule has 0 spiro atoms. The fraction of sp³-hybridized carbons (Fsp3) is 0.773. The molecule has 1 aromatic heterocycles. The Morgan fingerprint density at radius 3 is 2.59 bits per heavy atom. The average Bonchev–Trinajstić information content (AvgIpc) is 3.45. The zero-order valence-corrected chi connectivity index (χ0v) is 17.3. The van der Waals surface area contributed by atoms with Crippen molar-refractivity contribution in [1.82, 2.24) is 9.80 Å². The Morgan fingerprint density at radius 1 is 1.11 bits per heavy atom. The molecule has 1 aliphatic carbocycles. The fourth-order valence-corrected chi connectivity index (χ4v) is 5.76. The lowest BCUT2D eigenvalue weighted by Gasteiger charge is -2.38. The van der Waals surface area contributed by atoms with Crippen molar-refractivity contribution in [3.05, 3.63) is 22.4 Å². The molecule has 1 saturated carbocycles. The zero-order valence-electron chi connectivity index (χ0n) is 16.5. The van der Waals surface area contributed by atoms with Crippen LogP contribution < -0.4 is 0 Å². The number of rotatable bonds is 7.